The molecule has 0 bridgehead atoms. The van der Waals surface area contributed by atoms with Crippen LogP contribution in [0.5, 0.6) is 0 Å². The lowest BCUT2D eigenvalue weighted by atomic mass is 10.0. The molecule has 31 heavy (non-hydrogen) atoms. The minimum Gasteiger partial charge on any atom is -0.376 e. The summed E-state index contributed by atoms with van der Waals surface area (Å²) in [5, 5.41) is 3.13. The summed E-state index contributed by atoms with van der Waals surface area (Å²) in [6.07, 6.45) is 1.06. The maximum absolute atomic E-state index is 14.7. The van der Waals surface area contributed by atoms with E-state index < -0.39 is 27.6 Å². The normalized spacial score (nSPS) is 18.5. The molecule has 2 aromatic carbocycles. The van der Waals surface area contributed by atoms with Crippen LogP contribution in [0.15, 0.2) is 41.3 Å². The van der Waals surface area contributed by atoms with Gasteiger partial charge in [-0.3, -0.25) is 9.69 Å². The van der Waals surface area contributed by atoms with Crippen LogP contribution >= 0.6 is 11.6 Å². The van der Waals surface area contributed by atoms with Crippen LogP contribution in [-0.4, -0.2) is 57.8 Å². The number of nitrogens with zero attached hydrogens (tertiary/aromatic N) is 1. The molecule has 2 unspecified atom stereocenters. The van der Waals surface area contributed by atoms with Gasteiger partial charge in [0, 0.05) is 42.0 Å². The second-order valence-electron chi connectivity index (χ2n) is 7.79. The van der Waals surface area contributed by atoms with Gasteiger partial charge < -0.3 is 10.1 Å². The van der Waals surface area contributed by atoms with Crippen molar-refractivity contribution in [3.05, 3.63) is 63.9 Å². The van der Waals surface area contributed by atoms with E-state index in [1.165, 1.54) is 18.2 Å². The predicted molar refractivity (Wildman–Crippen MR) is 118 cm³/mol. The quantitative estimate of drug-likeness (QED) is 0.703. The Bertz CT molecular complexity index is 1060. The highest BCUT2D eigenvalue weighted by atomic mass is 35.5. The van der Waals surface area contributed by atoms with Crippen molar-refractivity contribution >= 4 is 27.3 Å². The number of hydrogen-bond acceptors (Lipinski definition) is 5. The minimum atomic E-state index is -3.45. The number of sulfone groups is 1. The first kappa shape index (κ1) is 23.7. The molecule has 168 valence electrons. The van der Waals surface area contributed by atoms with Crippen LogP contribution in [0.1, 0.15) is 34.5 Å². The smallest absolute Gasteiger partial charge is 0.251 e. The van der Waals surface area contributed by atoms with Crippen LogP contribution < -0.4 is 5.32 Å². The second kappa shape index (κ2) is 9.65. The molecule has 3 rings (SSSR count). The van der Waals surface area contributed by atoms with E-state index in [1.54, 1.807) is 25.1 Å². The first-order valence-electron chi connectivity index (χ1n) is 9.96. The monoisotopic (exact) mass is 468 g/mol. The van der Waals surface area contributed by atoms with Crippen molar-refractivity contribution in [2.75, 3.05) is 32.5 Å². The van der Waals surface area contributed by atoms with Gasteiger partial charge in [0.2, 0.25) is 0 Å². The van der Waals surface area contributed by atoms with Gasteiger partial charge in [-0.05, 0) is 43.7 Å². The average molecular weight is 469 g/mol. The Kier molecular flexibility index (Phi) is 7.36. The fourth-order valence-electron chi connectivity index (χ4n) is 3.73. The van der Waals surface area contributed by atoms with Crippen molar-refractivity contribution in [3.63, 3.8) is 0 Å². The van der Waals surface area contributed by atoms with Gasteiger partial charge in [-0.15, -0.1) is 0 Å². The van der Waals surface area contributed by atoms with Crippen LogP contribution in [0.4, 0.5) is 4.39 Å². The molecule has 1 N–H and O–H groups in total. The van der Waals surface area contributed by atoms with E-state index in [2.05, 4.69) is 5.32 Å². The first-order valence-corrected chi connectivity index (χ1v) is 12.2. The van der Waals surface area contributed by atoms with Gasteiger partial charge in [-0.2, -0.15) is 0 Å². The Balaban J connectivity index is 1.88. The molecule has 1 heterocycles. The summed E-state index contributed by atoms with van der Waals surface area (Å²) in [5.41, 5.74) is 1.22. The summed E-state index contributed by atoms with van der Waals surface area (Å²) >= 11 is 6.33. The molecule has 1 aliphatic heterocycles. The number of benzene rings is 2. The minimum absolute atomic E-state index is 0.0359. The lowest BCUT2D eigenvalue weighted by molar-refractivity contribution is -0.0346. The van der Waals surface area contributed by atoms with Crippen LogP contribution in [0.3, 0.4) is 0 Å². The molecule has 0 radical (unpaired) electrons. The largest absolute Gasteiger partial charge is 0.376 e. The molecule has 9 heteroatoms. The summed E-state index contributed by atoms with van der Waals surface area (Å²) in [4.78, 5) is 15.0. The van der Waals surface area contributed by atoms with Gasteiger partial charge in [0.05, 0.1) is 23.6 Å². The number of carbonyl (C=O) groups excluding carboxylic acids is 1. The van der Waals surface area contributed by atoms with Crippen molar-refractivity contribution in [1.29, 1.82) is 0 Å². The molecule has 6 nitrogen and oxygen atoms in total. The first-order chi connectivity index (χ1) is 14.6. The van der Waals surface area contributed by atoms with Gasteiger partial charge in [-0.1, -0.05) is 23.7 Å². The van der Waals surface area contributed by atoms with Crippen molar-refractivity contribution in [3.8, 4) is 0 Å². The lowest BCUT2D eigenvalue weighted by Gasteiger charge is -2.38. The highest BCUT2D eigenvalue weighted by Crippen LogP contribution is 2.31. The SMILES string of the molecule is Cc1ccc(S(C)(=O)=O)cc1C(=O)NCC(c1c(F)cccc1Cl)N1CCOC(C)C1. The van der Waals surface area contributed by atoms with Crippen LogP contribution in [0.2, 0.25) is 5.02 Å². The number of carbonyl (C=O) groups is 1. The van der Waals surface area contributed by atoms with Gasteiger partial charge in [0.25, 0.3) is 5.91 Å². The molecule has 1 amide bonds. The number of hydrogen-bond donors (Lipinski definition) is 1. The number of aryl methyl sites for hydroxylation is 1. The molecule has 0 aromatic heterocycles. The zero-order valence-corrected chi connectivity index (χ0v) is 19.3. The zero-order chi connectivity index (χ0) is 22.8. The third-order valence-corrected chi connectivity index (χ3v) is 6.82. The number of rotatable bonds is 6. The van der Waals surface area contributed by atoms with Crippen molar-refractivity contribution in [2.24, 2.45) is 0 Å². The third-order valence-electron chi connectivity index (χ3n) is 5.38. The van der Waals surface area contributed by atoms with E-state index in [0.29, 0.717) is 30.8 Å². The van der Waals surface area contributed by atoms with E-state index >= 15 is 0 Å². The van der Waals surface area contributed by atoms with Crippen LogP contribution in [0.25, 0.3) is 0 Å². The standard InChI is InChI=1S/C22H26ClFN2O4S/c1-14-7-8-16(31(3,28)29)11-17(14)22(27)25-12-20(26-9-10-30-15(2)13-26)21-18(23)5-4-6-19(21)24/h4-8,11,15,20H,9-10,12-13H2,1-3H3,(H,25,27). The fraction of sp³-hybridized carbons (Fsp3) is 0.409. The van der Waals surface area contributed by atoms with E-state index in [9.17, 15) is 17.6 Å². The molecule has 0 spiro atoms. The van der Waals surface area contributed by atoms with Crippen LogP contribution in [-0.2, 0) is 14.6 Å². The van der Waals surface area contributed by atoms with E-state index in [-0.39, 0.29) is 28.1 Å². The lowest BCUT2D eigenvalue weighted by Crippen LogP contribution is -2.47. The topological polar surface area (TPSA) is 75.7 Å². The van der Waals surface area contributed by atoms with Crippen molar-refractivity contribution < 1.29 is 22.3 Å². The Morgan fingerprint density at radius 2 is 2.10 bits per heavy atom. The summed E-state index contributed by atoms with van der Waals surface area (Å²) in [7, 11) is -3.45. The number of halogens is 2. The average Bonchev–Trinajstić information content (AvgIpc) is 2.69. The molecular formula is C22H26ClFN2O4S. The molecule has 1 aliphatic rings. The van der Waals surface area contributed by atoms with Crippen molar-refractivity contribution in [2.45, 2.75) is 30.9 Å². The summed E-state index contributed by atoms with van der Waals surface area (Å²) in [5.74, 6) is -0.872. The second-order valence-corrected chi connectivity index (χ2v) is 10.2. The fourth-order valence-corrected chi connectivity index (χ4v) is 4.67. The van der Waals surface area contributed by atoms with E-state index in [0.717, 1.165) is 6.26 Å². The summed E-state index contributed by atoms with van der Waals surface area (Å²) in [6.45, 7) is 5.40. The maximum Gasteiger partial charge on any atom is 0.251 e. The molecule has 0 saturated carbocycles. The Morgan fingerprint density at radius 1 is 1.35 bits per heavy atom. The molecule has 2 aromatic rings. The summed E-state index contributed by atoms with van der Waals surface area (Å²) in [6, 6.07) is 8.44. The predicted octanol–water partition coefficient (Wildman–Crippen LogP) is 3.38. The molecule has 1 saturated heterocycles. The number of ether oxygens (including phenoxy) is 1. The number of amides is 1. The number of morpholine rings is 1. The molecule has 0 aliphatic carbocycles. The molecule has 1 fully saturated rings. The summed E-state index contributed by atoms with van der Waals surface area (Å²) < 4.78 is 44.1. The highest BCUT2D eigenvalue weighted by Gasteiger charge is 2.30. The Hall–Kier alpha value is -2.00. The zero-order valence-electron chi connectivity index (χ0n) is 17.7. The third kappa shape index (κ3) is 5.63. The maximum atomic E-state index is 14.7. The van der Waals surface area contributed by atoms with E-state index in [4.69, 9.17) is 16.3 Å². The Morgan fingerprint density at radius 3 is 2.74 bits per heavy atom. The van der Waals surface area contributed by atoms with Gasteiger partial charge in [0.15, 0.2) is 9.84 Å². The van der Waals surface area contributed by atoms with Gasteiger partial charge in [-0.25, -0.2) is 12.8 Å². The Labute approximate surface area is 187 Å². The van der Waals surface area contributed by atoms with E-state index in [1.807, 2.05) is 11.8 Å². The molecule has 2 atom stereocenters. The highest BCUT2D eigenvalue weighted by molar-refractivity contribution is 7.90. The van der Waals surface area contributed by atoms with Crippen molar-refractivity contribution in [1.82, 2.24) is 10.2 Å². The number of nitrogens with one attached hydrogen (secondary N) is 1. The van der Waals surface area contributed by atoms with Gasteiger partial charge >= 0.3 is 0 Å². The van der Waals surface area contributed by atoms with Crippen LogP contribution in [0, 0.1) is 12.7 Å². The van der Waals surface area contributed by atoms with Gasteiger partial charge in [0.1, 0.15) is 5.82 Å². The molecular weight excluding hydrogens is 443 g/mol.